The summed E-state index contributed by atoms with van der Waals surface area (Å²) in [5.74, 6) is -0.223. The molecule has 0 radical (unpaired) electrons. The fraction of sp³-hybridized carbons (Fsp3) is 0.217. The average Bonchev–Trinajstić information content (AvgIpc) is 3.12. The van der Waals surface area contributed by atoms with Crippen LogP contribution >= 0.6 is 11.3 Å². The topological polar surface area (TPSA) is 64.6 Å². The molecule has 29 heavy (non-hydrogen) atoms. The summed E-state index contributed by atoms with van der Waals surface area (Å²) < 4.78 is 10.5. The van der Waals surface area contributed by atoms with E-state index in [4.69, 9.17) is 9.47 Å². The molecule has 0 aliphatic rings. The first kappa shape index (κ1) is 20.6. The highest BCUT2D eigenvalue weighted by Gasteiger charge is 2.22. The van der Waals surface area contributed by atoms with Crippen LogP contribution in [-0.2, 0) is 9.53 Å². The zero-order valence-electron chi connectivity index (χ0n) is 16.9. The van der Waals surface area contributed by atoms with Crippen LogP contribution in [-0.4, -0.2) is 25.6 Å². The van der Waals surface area contributed by atoms with E-state index in [0.29, 0.717) is 16.3 Å². The van der Waals surface area contributed by atoms with E-state index in [-0.39, 0.29) is 12.5 Å². The first-order chi connectivity index (χ1) is 13.9. The Bertz CT molecular complexity index is 1040. The van der Waals surface area contributed by atoms with E-state index in [1.54, 1.807) is 0 Å². The fourth-order valence-corrected chi connectivity index (χ4v) is 3.80. The molecule has 0 spiro atoms. The molecule has 3 rings (SSSR count). The molecular formula is C23H23NO4S. The van der Waals surface area contributed by atoms with Crippen molar-refractivity contribution in [1.29, 1.82) is 0 Å². The Labute approximate surface area is 174 Å². The summed E-state index contributed by atoms with van der Waals surface area (Å²) in [7, 11) is 1.33. The number of anilines is 1. The number of nitrogens with one attached hydrogen (secondary N) is 1. The second kappa shape index (κ2) is 8.92. The maximum atomic E-state index is 12.4. The van der Waals surface area contributed by atoms with Crippen molar-refractivity contribution in [3.05, 3.63) is 70.1 Å². The van der Waals surface area contributed by atoms with Crippen LogP contribution in [0, 0.1) is 20.8 Å². The number of thiophene rings is 1. The molecule has 1 N–H and O–H groups in total. The average molecular weight is 410 g/mol. The Balaban J connectivity index is 1.80. The first-order valence-corrected chi connectivity index (χ1v) is 10.0. The predicted molar refractivity (Wildman–Crippen MR) is 116 cm³/mol. The number of ether oxygens (including phenoxy) is 2. The van der Waals surface area contributed by atoms with Crippen molar-refractivity contribution in [2.24, 2.45) is 0 Å². The van der Waals surface area contributed by atoms with E-state index in [2.05, 4.69) is 5.32 Å². The van der Waals surface area contributed by atoms with Gasteiger partial charge in [-0.3, -0.25) is 4.79 Å². The van der Waals surface area contributed by atoms with Gasteiger partial charge in [0, 0.05) is 10.9 Å². The Morgan fingerprint density at radius 3 is 2.38 bits per heavy atom. The maximum absolute atomic E-state index is 12.4. The molecule has 0 saturated heterocycles. The zero-order valence-corrected chi connectivity index (χ0v) is 17.7. The van der Waals surface area contributed by atoms with Crippen LogP contribution in [0.15, 0.2) is 47.8 Å². The number of carbonyl (C=O) groups excluding carboxylic acids is 2. The van der Waals surface area contributed by atoms with E-state index in [1.807, 2.05) is 68.6 Å². The third-order valence-electron chi connectivity index (χ3n) is 4.64. The molecule has 1 heterocycles. The van der Waals surface area contributed by atoms with Gasteiger partial charge in [-0.1, -0.05) is 35.9 Å². The summed E-state index contributed by atoms with van der Waals surface area (Å²) in [4.78, 5) is 24.8. The summed E-state index contributed by atoms with van der Waals surface area (Å²) in [6.07, 6.45) is 0. The number of carbonyl (C=O) groups is 2. The molecule has 0 bridgehead atoms. The summed E-state index contributed by atoms with van der Waals surface area (Å²) in [5, 5.41) is 5.08. The molecule has 1 amide bonds. The monoisotopic (exact) mass is 409 g/mol. The van der Waals surface area contributed by atoms with Crippen molar-refractivity contribution in [2.45, 2.75) is 20.8 Å². The number of methoxy groups -OCH3 is 1. The van der Waals surface area contributed by atoms with Gasteiger partial charge in [0.25, 0.3) is 5.91 Å². The van der Waals surface area contributed by atoms with Gasteiger partial charge < -0.3 is 14.8 Å². The molecule has 150 valence electrons. The number of benzene rings is 2. The third-order valence-corrected chi connectivity index (χ3v) is 5.54. The van der Waals surface area contributed by atoms with E-state index < -0.39 is 5.97 Å². The van der Waals surface area contributed by atoms with Gasteiger partial charge >= 0.3 is 5.97 Å². The third kappa shape index (κ3) is 4.84. The van der Waals surface area contributed by atoms with Gasteiger partial charge in [-0.25, -0.2) is 4.79 Å². The molecule has 6 heteroatoms. The Kier molecular flexibility index (Phi) is 6.34. The molecule has 1 aromatic heterocycles. The SMILES string of the molecule is COC(=O)c1c(-c2ccc(C)c(C)c2)csc1NC(=O)COc1ccc(C)cc1. The molecule has 0 fully saturated rings. The number of amides is 1. The second-order valence-electron chi connectivity index (χ2n) is 6.79. The zero-order chi connectivity index (χ0) is 21.0. The number of aryl methyl sites for hydroxylation is 3. The lowest BCUT2D eigenvalue weighted by molar-refractivity contribution is -0.118. The van der Waals surface area contributed by atoms with E-state index in [9.17, 15) is 9.59 Å². The molecule has 0 unspecified atom stereocenters. The summed E-state index contributed by atoms with van der Waals surface area (Å²) in [5.41, 5.74) is 5.40. The number of hydrogen-bond donors (Lipinski definition) is 1. The van der Waals surface area contributed by atoms with Crippen LogP contribution in [0.1, 0.15) is 27.0 Å². The smallest absolute Gasteiger partial charge is 0.341 e. The lowest BCUT2D eigenvalue weighted by Gasteiger charge is -2.10. The molecule has 0 atom stereocenters. The Morgan fingerprint density at radius 1 is 1.00 bits per heavy atom. The highest BCUT2D eigenvalue weighted by atomic mass is 32.1. The van der Waals surface area contributed by atoms with Gasteiger partial charge in [0.1, 0.15) is 16.3 Å². The summed E-state index contributed by atoms with van der Waals surface area (Å²) in [6.45, 7) is 5.89. The number of hydrogen-bond acceptors (Lipinski definition) is 5. The molecular weight excluding hydrogens is 386 g/mol. The lowest BCUT2D eigenvalue weighted by atomic mass is 9.99. The van der Waals surface area contributed by atoms with E-state index in [1.165, 1.54) is 24.0 Å². The van der Waals surface area contributed by atoms with Crippen LogP contribution < -0.4 is 10.1 Å². The molecule has 0 saturated carbocycles. The summed E-state index contributed by atoms with van der Waals surface area (Å²) >= 11 is 1.29. The standard InChI is InChI=1S/C23H23NO4S/c1-14-5-9-18(10-6-14)28-12-20(25)24-22-21(23(26)27-4)19(13-29-22)17-8-7-15(2)16(3)11-17/h5-11,13H,12H2,1-4H3,(H,24,25). The lowest BCUT2D eigenvalue weighted by Crippen LogP contribution is -2.21. The van der Waals surface area contributed by atoms with Crippen molar-refractivity contribution >= 4 is 28.2 Å². The number of rotatable bonds is 6. The minimum atomic E-state index is -0.491. The molecule has 5 nitrogen and oxygen atoms in total. The second-order valence-corrected chi connectivity index (χ2v) is 7.67. The number of esters is 1. The van der Waals surface area contributed by atoms with Gasteiger partial charge in [-0.05, 0) is 49.6 Å². The van der Waals surface area contributed by atoms with Crippen LogP contribution in [0.25, 0.3) is 11.1 Å². The van der Waals surface area contributed by atoms with Crippen molar-refractivity contribution in [3.63, 3.8) is 0 Å². The summed E-state index contributed by atoms with van der Waals surface area (Å²) in [6, 6.07) is 13.4. The fourth-order valence-electron chi connectivity index (χ4n) is 2.82. The highest BCUT2D eigenvalue weighted by molar-refractivity contribution is 7.15. The Morgan fingerprint density at radius 2 is 1.72 bits per heavy atom. The van der Waals surface area contributed by atoms with Gasteiger partial charge in [0.2, 0.25) is 0 Å². The van der Waals surface area contributed by atoms with Crippen LogP contribution in [0.5, 0.6) is 5.75 Å². The predicted octanol–water partition coefficient (Wildman–Crippen LogP) is 5.14. The molecule has 0 aliphatic heterocycles. The van der Waals surface area contributed by atoms with Crippen molar-refractivity contribution in [1.82, 2.24) is 0 Å². The van der Waals surface area contributed by atoms with Crippen LogP contribution in [0.2, 0.25) is 0 Å². The first-order valence-electron chi connectivity index (χ1n) is 9.15. The molecule has 0 aliphatic carbocycles. The highest BCUT2D eigenvalue weighted by Crippen LogP contribution is 2.36. The maximum Gasteiger partial charge on any atom is 0.341 e. The van der Waals surface area contributed by atoms with Crippen molar-refractivity contribution < 1.29 is 19.1 Å². The van der Waals surface area contributed by atoms with E-state index in [0.717, 1.165) is 22.3 Å². The van der Waals surface area contributed by atoms with Crippen LogP contribution in [0.3, 0.4) is 0 Å². The Hall–Kier alpha value is -3.12. The molecule has 3 aromatic rings. The minimum Gasteiger partial charge on any atom is -0.484 e. The van der Waals surface area contributed by atoms with Crippen molar-refractivity contribution in [3.8, 4) is 16.9 Å². The largest absolute Gasteiger partial charge is 0.484 e. The van der Waals surface area contributed by atoms with Gasteiger partial charge in [-0.2, -0.15) is 0 Å². The van der Waals surface area contributed by atoms with Crippen molar-refractivity contribution in [2.75, 3.05) is 19.0 Å². The van der Waals surface area contributed by atoms with Crippen LogP contribution in [0.4, 0.5) is 5.00 Å². The van der Waals surface area contributed by atoms with Gasteiger partial charge in [0.15, 0.2) is 6.61 Å². The minimum absolute atomic E-state index is 0.152. The van der Waals surface area contributed by atoms with Gasteiger partial charge in [0.05, 0.1) is 7.11 Å². The normalized spacial score (nSPS) is 10.5. The quantitative estimate of drug-likeness (QED) is 0.572. The van der Waals surface area contributed by atoms with Gasteiger partial charge in [-0.15, -0.1) is 11.3 Å². The van der Waals surface area contributed by atoms with E-state index >= 15 is 0 Å². The molecule has 2 aromatic carbocycles.